The van der Waals surface area contributed by atoms with Crippen LogP contribution in [0.5, 0.6) is 11.5 Å². The molecule has 164 valence electrons. The van der Waals surface area contributed by atoms with E-state index in [1.807, 2.05) is 60.0 Å². The van der Waals surface area contributed by atoms with Gasteiger partial charge in [-0.1, -0.05) is 31.2 Å². The topological polar surface area (TPSA) is 72.3 Å². The van der Waals surface area contributed by atoms with E-state index in [-0.39, 0.29) is 11.8 Å². The van der Waals surface area contributed by atoms with Gasteiger partial charge in [-0.25, -0.2) is 4.99 Å². The zero-order chi connectivity index (χ0) is 22.5. The molecule has 0 fully saturated rings. The van der Waals surface area contributed by atoms with Crippen molar-refractivity contribution in [2.24, 2.45) is 9.98 Å². The Morgan fingerprint density at radius 2 is 1.75 bits per heavy atom. The Morgan fingerprint density at radius 3 is 2.41 bits per heavy atom. The number of carbonyl (C=O) groups excluding carboxylic acids is 1. The summed E-state index contributed by atoms with van der Waals surface area (Å²) in [7, 11) is 3.22. The summed E-state index contributed by atoms with van der Waals surface area (Å²) < 4.78 is 10.9. The van der Waals surface area contributed by atoms with Crippen molar-refractivity contribution in [2.45, 2.75) is 25.7 Å². The third kappa shape index (κ3) is 4.57. The van der Waals surface area contributed by atoms with Gasteiger partial charge in [0.15, 0.2) is 11.5 Å². The predicted octanol–water partition coefficient (Wildman–Crippen LogP) is 5.43. The Hall–Kier alpha value is -3.45. The highest BCUT2D eigenvalue weighted by Crippen LogP contribution is 2.37. The van der Waals surface area contributed by atoms with Crippen molar-refractivity contribution in [3.8, 4) is 11.5 Å². The van der Waals surface area contributed by atoms with Crippen LogP contribution in [0.2, 0.25) is 0 Å². The van der Waals surface area contributed by atoms with E-state index >= 15 is 0 Å². The van der Waals surface area contributed by atoms with Crippen LogP contribution in [0.15, 0.2) is 70.0 Å². The smallest absolute Gasteiger partial charge is 0.230 e. The zero-order valence-electron chi connectivity index (χ0n) is 18.3. The summed E-state index contributed by atoms with van der Waals surface area (Å²) >= 11 is 1.56. The number of carbonyl (C=O) groups is 1. The van der Waals surface area contributed by atoms with E-state index < -0.39 is 0 Å². The first-order chi connectivity index (χ1) is 15.6. The molecule has 0 bridgehead atoms. The van der Waals surface area contributed by atoms with Gasteiger partial charge in [0.25, 0.3) is 0 Å². The first-order valence-electron chi connectivity index (χ1n) is 10.4. The summed E-state index contributed by atoms with van der Waals surface area (Å²) in [6, 6.07) is 17.4. The van der Waals surface area contributed by atoms with Crippen LogP contribution in [-0.2, 0) is 11.2 Å². The number of nitrogens with one attached hydrogen (secondary N) is 1. The van der Waals surface area contributed by atoms with Gasteiger partial charge in [0.1, 0.15) is 5.84 Å². The molecule has 0 aliphatic carbocycles. The molecule has 1 aliphatic rings. The molecule has 2 aromatic carbocycles. The van der Waals surface area contributed by atoms with Crippen LogP contribution in [0.1, 0.15) is 29.7 Å². The Labute approximate surface area is 191 Å². The molecule has 6 nitrogen and oxygen atoms in total. The number of benzene rings is 2. The van der Waals surface area contributed by atoms with Crippen LogP contribution >= 0.6 is 11.3 Å². The van der Waals surface area contributed by atoms with Gasteiger partial charge in [-0.2, -0.15) is 0 Å². The monoisotopic (exact) mass is 447 g/mol. The highest BCUT2D eigenvalue weighted by Gasteiger charge is 2.29. The second-order valence-electron chi connectivity index (χ2n) is 7.29. The van der Waals surface area contributed by atoms with Gasteiger partial charge in [-0.3, -0.25) is 9.79 Å². The number of amidine groups is 1. The lowest BCUT2D eigenvalue weighted by atomic mass is 9.90. The molecule has 1 atom stereocenters. The summed E-state index contributed by atoms with van der Waals surface area (Å²) in [6.07, 6.45) is 1.00. The van der Waals surface area contributed by atoms with E-state index in [0.717, 1.165) is 27.5 Å². The number of para-hydroxylation sites is 2. The highest BCUT2D eigenvalue weighted by molar-refractivity contribution is 7.10. The fourth-order valence-corrected chi connectivity index (χ4v) is 4.45. The molecule has 0 saturated carbocycles. The second kappa shape index (κ2) is 9.78. The molecule has 0 radical (unpaired) electrons. The number of ether oxygens (including phenoxy) is 2. The third-order valence-electron chi connectivity index (χ3n) is 5.28. The SMILES string of the molecule is CCC1=Nc2ccccc2N=C(NC(=O)Cc2cccs2)[C@H]1c1ccc(OC)c(OC)c1. The number of thiophene rings is 1. The summed E-state index contributed by atoms with van der Waals surface area (Å²) in [6.45, 7) is 2.06. The van der Waals surface area contributed by atoms with Crippen molar-refractivity contribution in [1.82, 2.24) is 5.32 Å². The van der Waals surface area contributed by atoms with Crippen LogP contribution in [0, 0.1) is 0 Å². The molecule has 0 saturated heterocycles. The Bertz CT molecular complexity index is 1170. The van der Waals surface area contributed by atoms with E-state index in [9.17, 15) is 4.79 Å². The van der Waals surface area contributed by atoms with E-state index in [2.05, 4.69) is 12.2 Å². The number of fused-ring (bicyclic) bond motifs is 1. The van der Waals surface area contributed by atoms with Gasteiger partial charge in [0, 0.05) is 10.6 Å². The molecule has 2 heterocycles. The van der Waals surface area contributed by atoms with Gasteiger partial charge in [0.05, 0.1) is 37.9 Å². The van der Waals surface area contributed by atoms with E-state index in [1.165, 1.54) is 0 Å². The van der Waals surface area contributed by atoms with Crippen molar-refractivity contribution in [3.05, 3.63) is 70.4 Å². The standard InChI is InChI=1S/C25H25N3O3S/c1-4-18-24(16-11-12-21(30-2)22(14-16)31-3)25(27-20-10-6-5-9-19(20)26-18)28-23(29)15-17-8-7-13-32-17/h5-14,24H,4,15H2,1-3H3,(H,27,28,29)/t24-/m0/s1. The minimum absolute atomic E-state index is 0.105. The molecule has 0 spiro atoms. The normalized spacial score (nSPS) is 15.2. The number of amides is 1. The minimum atomic E-state index is -0.320. The van der Waals surface area contributed by atoms with E-state index in [1.54, 1.807) is 25.6 Å². The largest absolute Gasteiger partial charge is 0.493 e. The van der Waals surface area contributed by atoms with Gasteiger partial charge in [-0.15, -0.1) is 11.3 Å². The number of aliphatic imine (C=N–C) groups is 2. The van der Waals surface area contributed by atoms with Gasteiger partial charge in [-0.05, 0) is 47.7 Å². The van der Waals surface area contributed by atoms with Crippen molar-refractivity contribution in [1.29, 1.82) is 0 Å². The number of rotatable bonds is 6. The van der Waals surface area contributed by atoms with Crippen molar-refractivity contribution < 1.29 is 14.3 Å². The maximum atomic E-state index is 12.9. The van der Waals surface area contributed by atoms with Crippen LogP contribution in [0.25, 0.3) is 0 Å². The summed E-state index contributed by atoms with van der Waals surface area (Å²) in [5, 5.41) is 5.05. The van der Waals surface area contributed by atoms with Gasteiger partial charge < -0.3 is 14.8 Å². The lowest BCUT2D eigenvalue weighted by Gasteiger charge is -2.22. The number of methoxy groups -OCH3 is 2. The lowest BCUT2D eigenvalue weighted by Crippen LogP contribution is -2.38. The molecule has 1 N–H and O–H groups in total. The average molecular weight is 448 g/mol. The molecule has 0 unspecified atom stereocenters. The third-order valence-corrected chi connectivity index (χ3v) is 6.16. The number of nitrogens with zero attached hydrogens (tertiary/aromatic N) is 2. The predicted molar refractivity (Wildman–Crippen MR) is 129 cm³/mol. The van der Waals surface area contributed by atoms with Crippen molar-refractivity contribution in [2.75, 3.05) is 14.2 Å². The first-order valence-corrected chi connectivity index (χ1v) is 11.3. The molecular formula is C25H25N3O3S. The molecule has 1 aromatic heterocycles. The number of hydrogen-bond acceptors (Lipinski definition) is 6. The maximum Gasteiger partial charge on any atom is 0.230 e. The summed E-state index contributed by atoms with van der Waals surface area (Å²) in [5.74, 6) is 1.39. The first kappa shape index (κ1) is 21.8. The van der Waals surface area contributed by atoms with E-state index in [4.69, 9.17) is 19.5 Å². The highest BCUT2D eigenvalue weighted by atomic mass is 32.1. The van der Waals surface area contributed by atoms with Crippen LogP contribution in [0.3, 0.4) is 0 Å². The van der Waals surface area contributed by atoms with Gasteiger partial charge >= 0.3 is 0 Å². The van der Waals surface area contributed by atoms with Crippen molar-refractivity contribution >= 4 is 40.2 Å². The molecule has 1 aliphatic heterocycles. The Kier molecular flexibility index (Phi) is 6.66. The molecular weight excluding hydrogens is 422 g/mol. The van der Waals surface area contributed by atoms with Crippen LogP contribution < -0.4 is 14.8 Å². The Morgan fingerprint density at radius 1 is 1.00 bits per heavy atom. The summed E-state index contributed by atoms with van der Waals surface area (Å²) in [5.41, 5.74) is 3.36. The lowest BCUT2D eigenvalue weighted by molar-refractivity contribution is -0.119. The molecule has 3 aromatic rings. The van der Waals surface area contributed by atoms with Gasteiger partial charge in [0.2, 0.25) is 5.91 Å². The fraction of sp³-hybridized carbons (Fsp3) is 0.240. The van der Waals surface area contributed by atoms with Crippen LogP contribution in [0.4, 0.5) is 11.4 Å². The molecule has 32 heavy (non-hydrogen) atoms. The molecule has 1 amide bonds. The molecule has 4 rings (SSSR count). The van der Waals surface area contributed by atoms with Crippen molar-refractivity contribution in [3.63, 3.8) is 0 Å². The minimum Gasteiger partial charge on any atom is -0.493 e. The zero-order valence-corrected chi connectivity index (χ0v) is 19.1. The summed E-state index contributed by atoms with van der Waals surface area (Å²) in [4.78, 5) is 23.7. The second-order valence-corrected chi connectivity index (χ2v) is 8.33. The Balaban J connectivity index is 1.79. The average Bonchev–Trinajstić information content (AvgIpc) is 3.26. The quantitative estimate of drug-likeness (QED) is 0.547. The van der Waals surface area contributed by atoms with Crippen LogP contribution in [-0.4, -0.2) is 31.7 Å². The maximum absolute atomic E-state index is 12.9. The fourth-order valence-electron chi connectivity index (χ4n) is 3.75. The molecule has 7 heteroatoms. The van der Waals surface area contributed by atoms with E-state index in [0.29, 0.717) is 30.2 Å². The number of hydrogen-bond donors (Lipinski definition) is 1.